The van der Waals surface area contributed by atoms with Gasteiger partial charge < -0.3 is 5.73 Å². The smallest absolute Gasteiger partial charge is 0.125 e. The van der Waals surface area contributed by atoms with Gasteiger partial charge in [0.1, 0.15) is 11.5 Å². The van der Waals surface area contributed by atoms with E-state index in [-0.39, 0.29) is 0 Å². The number of nitrogens with zero attached hydrogens (tertiary/aromatic N) is 2. The van der Waals surface area contributed by atoms with Crippen LogP contribution in [0, 0.1) is 0 Å². The van der Waals surface area contributed by atoms with Crippen LogP contribution in [0.5, 0.6) is 0 Å². The van der Waals surface area contributed by atoms with Crippen molar-refractivity contribution in [3.63, 3.8) is 0 Å². The molecule has 3 aromatic rings. The minimum atomic E-state index is 0.786. The lowest BCUT2D eigenvalue weighted by molar-refractivity contribution is 0.781. The number of rotatable bonds is 3. The third-order valence-electron chi connectivity index (χ3n) is 3.35. The van der Waals surface area contributed by atoms with Gasteiger partial charge in [0.05, 0.1) is 4.88 Å². The number of hydrogen-bond acceptors (Lipinski definition) is 3. The number of aromatic nitrogens is 2. The number of anilines is 1. The second-order valence-corrected chi connectivity index (χ2v) is 5.82. The summed E-state index contributed by atoms with van der Waals surface area (Å²) in [5.41, 5.74) is 8.35. The molecule has 3 rings (SSSR count). The molecule has 2 N–H and O–H groups in total. The number of thiophene rings is 1. The van der Waals surface area contributed by atoms with E-state index >= 15 is 0 Å². The van der Waals surface area contributed by atoms with Gasteiger partial charge in [-0.1, -0.05) is 31.5 Å². The summed E-state index contributed by atoms with van der Waals surface area (Å²) in [7, 11) is 1.91. The van der Waals surface area contributed by atoms with E-state index in [1.54, 1.807) is 16.0 Å². The molecule has 2 aromatic heterocycles. The van der Waals surface area contributed by atoms with E-state index in [2.05, 4.69) is 42.4 Å². The fourth-order valence-electron chi connectivity index (χ4n) is 2.37. The van der Waals surface area contributed by atoms with Crippen LogP contribution in [0.3, 0.4) is 0 Å². The summed E-state index contributed by atoms with van der Waals surface area (Å²) in [6, 6.07) is 10.6. The number of fused-ring (bicyclic) bond motifs is 1. The molecule has 0 amide bonds. The van der Waals surface area contributed by atoms with Crippen molar-refractivity contribution in [1.82, 2.24) is 9.78 Å². The van der Waals surface area contributed by atoms with Gasteiger partial charge in [-0.05, 0) is 23.9 Å². The Hall–Kier alpha value is -1.81. The molecule has 19 heavy (non-hydrogen) atoms. The molecular formula is C15H17N3S. The van der Waals surface area contributed by atoms with Gasteiger partial charge in [0, 0.05) is 17.3 Å². The monoisotopic (exact) mass is 271 g/mol. The zero-order chi connectivity index (χ0) is 13.4. The maximum atomic E-state index is 6.13. The maximum Gasteiger partial charge on any atom is 0.125 e. The second kappa shape index (κ2) is 4.70. The third-order valence-corrected chi connectivity index (χ3v) is 4.48. The Morgan fingerprint density at radius 3 is 2.84 bits per heavy atom. The van der Waals surface area contributed by atoms with Crippen LogP contribution < -0.4 is 5.73 Å². The molecule has 4 heteroatoms. The summed E-state index contributed by atoms with van der Waals surface area (Å²) in [6.45, 7) is 2.17. The van der Waals surface area contributed by atoms with Crippen molar-refractivity contribution in [2.45, 2.75) is 19.8 Å². The lowest BCUT2D eigenvalue weighted by atomic mass is 10.1. The highest BCUT2D eigenvalue weighted by Crippen LogP contribution is 2.36. The average Bonchev–Trinajstić information content (AvgIpc) is 2.95. The molecule has 0 aliphatic carbocycles. The standard InChI is InChI=1S/C15H17N3S/c1-3-6-11-14(17-18(2)15(11)16)13-9-10-7-4-5-8-12(10)19-13/h4-5,7-9H,3,6,16H2,1-2H3. The topological polar surface area (TPSA) is 43.8 Å². The van der Waals surface area contributed by atoms with E-state index in [0.29, 0.717) is 0 Å². The molecule has 3 nitrogen and oxygen atoms in total. The van der Waals surface area contributed by atoms with Crippen LogP contribution in [0.25, 0.3) is 20.7 Å². The molecule has 0 bridgehead atoms. The molecule has 0 aliphatic heterocycles. The van der Waals surface area contributed by atoms with Crippen molar-refractivity contribution in [2.24, 2.45) is 7.05 Å². The summed E-state index contributed by atoms with van der Waals surface area (Å²) in [5.74, 6) is 0.786. The van der Waals surface area contributed by atoms with E-state index in [9.17, 15) is 0 Å². The Morgan fingerprint density at radius 2 is 2.11 bits per heavy atom. The van der Waals surface area contributed by atoms with E-state index in [1.165, 1.54) is 20.5 Å². The lowest BCUT2D eigenvalue weighted by Gasteiger charge is -1.99. The zero-order valence-corrected chi connectivity index (χ0v) is 12.0. The summed E-state index contributed by atoms with van der Waals surface area (Å²) in [5, 5.41) is 5.87. The van der Waals surface area contributed by atoms with Crippen LogP contribution in [-0.2, 0) is 13.5 Å². The normalized spacial score (nSPS) is 11.3. The highest BCUT2D eigenvalue weighted by atomic mass is 32.1. The molecule has 0 saturated heterocycles. The molecule has 1 aromatic carbocycles. The van der Waals surface area contributed by atoms with Gasteiger partial charge in [-0.15, -0.1) is 11.3 Å². The lowest BCUT2D eigenvalue weighted by Crippen LogP contribution is -1.99. The highest BCUT2D eigenvalue weighted by molar-refractivity contribution is 7.22. The molecular weight excluding hydrogens is 254 g/mol. The first-order valence-corrected chi connectivity index (χ1v) is 7.32. The summed E-state index contributed by atoms with van der Waals surface area (Å²) < 4.78 is 3.08. The first-order valence-electron chi connectivity index (χ1n) is 6.51. The fourth-order valence-corrected chi connectivity index (χ4v) is 3.45. The van der Waals surface area contributed by atoms with E-state index in [4.69, 9.17) is 5.73 Å². The van der Waals surface area contributed by atoms with Crippen LogP contribution in [0.15, 0.2) is 30.3 Å². The molecule has 0 radical (unpaired) electrons. The van der Waals surface area contributed by atoms with Gasteiger partial charge in [0.15, 0.2) is 0 Å². The number of aryl methyl sites for hydroxylation is 1. The van der Waals surface area contributed by atoms with E-state index in [0.717, 1.165) is 24.4 Å². The summed E-state index contributed by atoms with van der Waals surface area (Å²) in [6.07, 6.45) is 2.05. The molecule has 0 fully saturated rings. The van der Waals surface area contributed by atoms with Gasteiger partial charge in [0.25, 0.3) is 0 Å². The van der Waals surface area contributed by atoms with Crippen molar-refractivity contribution < 1.29 is 0 Å². The minimum absolute atomic E-state index is 0.786. The molecule has 2 heterocycles. The van der Waals surface area contributed by atoms with Crippen molar-refractivity contribution in [3.05, 3.63) is 35.9 Å². The average molecular weight is 271 g/mol. The van der Waals surface area contributed by atoms with Crippen molar-refractivity contribution in [3.8, 4) is 10.6 Å². The highest BCUT2D eigenvalue weighted by Gasteiger charge is 2.16. The van der Waals surface area contributed by atoms with Crippen molar-refractivity contribution in [2.75, 3.05) is 5.73 Å². The molecule has 0 spiro atoms. The van der Waals surface area contributed by atoms with Crippen LogP contribution in [0.4, 0.5) is 5.82 Å². The van der Waals surface area contributed by atoms with Gasteiger partial charge in [0.2, 0.25) is 0 Å². The largest absolute Gasteiger partial charge is 0.384 e. The van der Waals surface area contributed by atoms with Gasteiger partial charge in [-0.25, -0.2) is 0 Å². The molecule has 98 valence electrons. The Morgan fingerprint density at radius 1 is 1.32 bits per heavy atom. The van der Waals surface area contributed by atoms with Crippen molar-refractivity contribution >= 4 is 27.2 Å². The number of nitrogen functional groups attached to an aromatic ring is 1. The second-order valence-electron chi connectivity index (χ2n) is 4.73. The predicted molar refractivity (Wildman–Crippen MR) is 82.4 cm³/mol. The summed E-state index contributed by atoms with van der Waals surface area (Å²) in [4.78, 5) is 1.21. The van der Waals surface area contributed by atoms with Gasteiger partial charge in [-0.2, -0.15) is 5.10 Å². The van der Waals surface area contributed by atoms with E-state index in [1.807, 2.05) is 7.05 Å². The zero-order valence-electron chi connectivity index (χ0n) is 11.2. The van der Waals surface area contributed by atoms with Crippen LogP contribution in [0.2, 0.25) is 0 Å². The van der Waals surface area contributed by atoms with Gasteiger partial charge in [-0.3, -0.25) is 4.68 Å². The Kier molecular flexibility index (Phi) is 3.03. The van der Waals surface area contributed by atoms with Crippen LogP contribution in [-0.4, -0.2) is 9.78 Å². The molecule has 0 saturated carbocycles. The molecule has 0 unspecified atom stereocenters. The third kappa shape index (κ3) is 2.02. The van der Waals surface area contributed by atoms with Crippen molar-refractivity contribution in [1.29, 1.82) is 0 Å². The number of hydrogen-bond donors (Lipinski definition) is 1. The molecule has 0 atom stereocenters. The Balaban J connectivity index is 2.17. The first kappa shape index (κ1) is 12.2. The number of benzene rings is 1. The Labute approximate surface area is 116 Å². The SMILES string of the molecule is CCCc1c(-c2cc3ccccc3s2)nn(C)c1N. The maximum absolute atomic E-state index is 6.13. The number of nitrogens with two attached hydrogens (primary N) is 1. The van der Waals surface area contributed by atoms with Gasteiger partial charge >= 0.3 is 0 Å². The van der Waals surface area contributed by atoms with E-state index < -0.39 is 0 Å². The van der Waals surface area contributed by atoms with Crippen LogP contribution in [0.1, 0.15) is 18.9 Å². The predicted octanol–water partition coefficient (Wildman–Crippen LogP) is 3.84. The minimum Gasteiger partial charge on any atom is -0.384 e. The van der Waals surface area contributed by atoms with Crippen LogP contribution >= 0.6 is 11.3 Å². The Bertz CT molecular complexity index is 691. The molecule has 0 aliphatic rings. The fraction of sp³-hybridized carbons (Fsp3) is 0.267. The first-order chi connectivity index (χ1) is 9.20. The summed E-state index contributed by atoms with van der Waals surface area (Å²) >= 11 is 1.78. The quantitative estimate of drug-likeness (QED) is 0.786.